The highest BCUT2D eigenvalue weighted by molar-refractivity contribution is 5.97. The number of benzene rings is 1. The van der Waals surface area contributed by atoms with Crippen molar-refractivity contribution in [1.29, 1.82) is 0 Å². The second kappa shape index (κ2) is 8.36. The fourth-order valence-electron chi connectivity index (χ4n) is 4.68. The minimum absolute atomic E-state index is 0.00557. The predicted molar refractivity (Wildman–Crippen MR) is 112 cm³/mol. The molecule has 2 aromatic rings. The molecule has 5 nitrogen and oxygen atoms in total. The van der Waals surface area contributed by atoms with E-state index in [-0.39, 0.29) is 23.8 Å². The van der Waals surface area contributed by atoms with Crippen molar-refractivity contribution < 1.29 is 9.59 Å². The molecule has 1 aliphatic heterocycles. The summed E-state index contributed by atoms with van der Waals surface area (Å²) in [7, 11) is 0. The first kappa shape index (κ1) is 19.6. The van der Waals surface area contributed by atoms with Gasteiger partial charge in [0.05, 0.1) is 0 Å². The summed E-state index contributed by atoms with van der Waals surface area (Å²) in [5.41, 5.74) is 3.73. The molecule has 1 fully saturated rings. The van der Waals surface area contributed by atoms with Crippen molar-refractivity contribution in [3.8, 4) is 0 Å². The van der Waals surface area contributed by atoms with Crippen LogP contribution >= 0.6 is 0 Å². The molecule has 152 valence electrons. The number of nitrogens with one attached hydrogen (secondary N) is 1. The van der Waals surface area contributed by atoms with Gasteiger partial charge in [0.1, 0.15) is 12.1 Å². The van der Waals surface area contributed by atoms with E-state index in [9.17, 15) is 9.59 Å². The predicted octanol–water partition coefficient (Wildman–Crippen LogP) is 2.78. The molecule has 2 atom stereocenters. The van der Waals surface area contributed by atoms with Crippen LogP contribution in [0.15, 0.2) is 48.8 Å². The number of hydrogen-bond acceptors (Lipinski definition) is 3. The van der Waals surface area contributed by atoms with Crippen molar-refractivity contribution in [3.05, 3.63) is 65.5 Å². The molecular weight excluding hydrogens is 362 g/mol. The van der Waals surface area contributed by atoms with E-state index in [1.807, 2.05) is 29.2 Å². The van der Waals surface area contributed by atoms with Gasteiger partial charge < -0.3 is 10.2 Å². The molecule has 1 N–H and O–H groups in total. The number of nitrogens with zero attached hydrogens (tertiary/aromatic N) is 2. The van der Waals surface area contributed by atoms with E-state index in [4.69, 9.17) is 0 Å². The number of piperazine rings is 1. The van der Waals surface area contributed by atoms with Crippen molar-refractivity contribution >= 4 is 11.8 Å². The molecular formula is C24H29N3O2. The number of amides is 2. The third-order valence-corrected chi connectivity index (χ3v) is 6.17. The first-order valence-electron chi connectivity index (χ1n) is 10.6. The van der Waals surface area contributed by atoms with Gasteiger partial charge >= 0.3 is 0 Å². The van der Waals surface area contributed by atoms with Crippen molar-refractivity contribution in [3.63, 3.8) is 0 Å². The summed E-state index contributed by atoms with van der Waals surface area (Å²) in [6, 6.07) is 11.5. The molecule has 29 heavy (non-hydrogen) atoms. The maximum absolute atomic E-state index is 13.5. The van der Waals surface area contributed by atoms with Gasteiger partial charge in [0.25, 0.3) is 0 Å². The molecule has 0 saturated carbocycles. The molecule has 0 unspecified atom stereocenters. The first-order chi connectivity index (χ1) is 14.0. The van der Waals surface area contributed by atoms with Crippen LogP contribution in [0.2, 0.25) is 0 Å². The zero-order chi connectivity index (χ0) is 20.4. The van der Waals surface area contributed by atoms with Crippen LogP contribution in [0.25, 0.3) is 0 Å². The van der Waals surface area contributed by atoms with Crippen LogP contribution in [0, 0.1) is 11.8 Å². The Morgan fingerprint density at radius 2 is 1.72 bits per heavy atom. The van der Waals surface area contributed by atoms with Crippen molar-refractivity contribution in [2.24, 2.45) is 11.8 Å². The Morgan fingerprint density at radius 3 is 2.34 bits per heavy atom. The number of hydrogen-bond donors (Lipinski definition) is 1. The first-order valence-corrected chi connectivity index (χ1v) is 10.6. The van der Waals surface area contributed by atoms with Gasteiger partial charge in [0.2, 0.25) is 11.8 Å². The largest absolute Gasteiger partial charge is 0.342 e. The highest BCUT2D eigenvalue weighted by atomic mass is 16.2. The number of aromatic nitrogens is 1. The summed E-state index contributed by atoms with van der Waals surface area (Å²) in [5.74, 6) is 0.539. The van der Waals surface area contributed by atoms with Gasteiger partial charge in [-0.2, -0.15) is 0 Å². The smallest absolute Gasteiger partial charge is 0.246 e. The summed E-state index contributed by atoms with van der Waals surface area (Å²) < 4.78 is 0. The van der Waals surface area contributed by atoms with E-state index in [2.05, 4.69) is 36.3 Å². The Morgan fingerprint density at radius 1 is 1.07 bits per heavy atom. The van der Waals surface area contributed by atoms with Crippen LogP contribution < -0.4 is 5.32 Å². The molecule has 0 radical (unpaired) electrons. The molecule has 2 aliphatic rings. The van der Waals surface area contributed by atoms with Crippen LogP contribution in [0.3, 0.4) is 0 Å². The normalized spacial score (nSPS) is 22.1. The number of fused-ring (bicyclic) bond motifs is 1. The van der Waals surface area contributed by atoms with E-state index < -0.39 is 6.04 Å². The average molecular weight is 392 g/mol. The van der Waals surface area contributed by atoms with Crippen LogP contribution in [0.4, 0.5) is 0 Å². The van der Waals surface area contributed by atoms with E-state index in [0.717, 1.165) is 24.8 Å². The van der Waals surface area contributed by atoms with Crippen LogP contribution in [0.5, 0.6) is 0 Å². The molecule has 0 spiro atoms. The topological polar surface area (TPSA) is 62.3 Å². The second-order valence-electron chi connectivity index (χ2n) is 8.71. The summed E-state index contributed by atoms with van der Waals surface area (Å²) in [6.45, 7) is 4.75. The lowest BCUT2D eigenvalue weighted by Gasteiger charge is -2.41. The van der Waals surface area contributed by atoms with E-state index >= 15 is 0 Å². The molecule has 1 saturated heterocycles. The average Bonchev–Trinajstić information content (AvgIpc) is 3.14. The van der Waals surface area contributed by atoms with Gasteiger partial charge in [0.15, 0.2) is 0 Å². The van der Waals surface area contributed by atoms with Crippen molar-refractivity contribution in [1.82, 2.24) is 15.2 Å². The van der Waals surface area contributed by atoms with Gasteiger partial charge in [-0.3, -0.25) is 14.6 Å². The molecule has 4 rings (SSSR count). The van der Waals surface area contributed by atoms with Crippen molar-refractivity contribution in [2.75, 3.05) is 6.54 Å². The third kappa shape index (κ3) is 4.19. The number of carbonyl (C=O) groups is 2. The highest BCUT2D eigenvalue weighted by Gasteiger charge is 2.44. The van der Waals surface area contributed by atoms with Gasteiger partial charge in [-0.25, -0.2) is 0 Å². The van der Waals surface area contributed by atoms with Crippen LogP contribution in [0.1, 0.15) is 37.0 Å². The van der Waals surface area contributed by atoms with Crippen LogP contribution in [-0.4, -0.2) is 40.3 Å². The maximum atomic E-state index is 13.5. The zero-order valence-corrected chi connectivity index (χ0v) is 17.2. The summed E-state index contributed by atoms with van der Waals surface area (Å²) in [5, 5.41) is 3.09. The molecule has 1 aliphatic carbocycles. The molecule has 0 bridgehead atoms. The quantitative estimate of drug-likeness (QED) is 0.824. The minimum atomic E-state index is -0.434. The van der Waals surface area contributed by atoms with Gasteiger partial charge in [0, 0.05) is 18.9 Å². The highest BCUT2D eigenvalue weighted by Crippen LogP contribution is 2.31. The SMILES string of the molecule is CC(C)C[C@@H]1C(=O)N[C@H](C2Cc3ccccc3C2)C(=O)N1CCc1ccncc1. The molecule has 2 heterocycles. The minimum Gasteiger partial charge on any atom is -0.342 e. The fourth-order valence-corrected chi connectivity index (χ4v) is 4.68. The standard InChI is InChI=1S/C24H29N3O2/c1-16(2)13-21-23(28)26-22(20-14-18-5-3-4-6-19(18)15-20)24(29)27(21)12-9-17-7-10-25-11-8-17/h3-8,10-11,16,20-22H,9,12-15H2,1-2H3,(H,26,28)/t21-,22-/m1/s1. The number of rotatable bonds is 6. The Kier molecular flexibility index (Phi) is 5.65. The Balaban J connectivity index is 1.53. The lowest BCUT2D eigenvalue weighted by atomic mass is 9.90. The zero-order valence-electron chi connectivity index (χ0n) is 17.2. The molecule has 2 amide bonds. The molecule has 1 aromatic carbocycles. The van der Waals surface area contributed by atoms with E-state index in [1.165, 1.54) is 11.1 Å². The Bertz CT molecular complexity index is 856. The number of carbonyl (C=O) groups excluding carboxylic acids is 2. The third-order valence-electron chi connectivity index (χ3n) is 6.17. The van der Waals surface area contributed by atoms with Gasteiger partial charge in [-0.15, -0.1) is 0 Å². The van der Waals surface area contributed by atoms with E-state index in [1.54, 1.807) is 12.4 Å². The fraction of sp³-hybridized carbons (Fsp3) is 0.458. The molecule has 1 aromatic heterocycles. The maximum Gasteiger partial charge on any atom is 0.246 e. The Labute approximate surface area is 172 Å². The summed E-state index contributed by atoms with van der Waals surface area (Å²) in [4.78, 5) is 32.4. The van der Waals surface area contributed by atoms with Gasteiger partial charge in [-0.1, -0.05) is 38.1 Å². The van der Waals surface area contributed by atoms with Crippen molar-refractivity contribution in [2.45, 2.75) is 51.6 Å². The lowest BCUT2D eigenvalue weighted by Crippen LogP contribution is -2.65. The second-order valence-corrected chi connectivity index (χ2v) is 8.71. The Hall–Kier alpha value is -2.69. The lowest BCUT2D eigenvalue weighted by molar-refractivity contribution is -0.151. The monoisotopic (exact) mass is 391 g/mol. The summed E-state index contributed by atoms with van der Waals surface area (Å²) in [6.07, 6.45) is 6.65. The molecule has 5 heteroatoms. The number of pyridine rings is 1. The van der Waals surface area contributed by atoms with E-state index in [0.29, 0.717) is 18.9 Å². The van der Waals surface area contributed by atoms with Gasteiger partial charge in [-0.05, 0) is 66.3 Å². The summed E-state index contributed by atoms with van der Waals surface area (Å²) >= 11 is 0. The van der Waals surface area contributed by atoms with Crippen LogP contribution in [-0.2, 0) is 28.9 Å².